The van der Waals surface area contributed by atoms with Crippen LogP contribution >= 0.6 is 11.6 Å². The van der Waals surface area contributed by atoms with Crippen LogP contribution in [0.2, 0.25) is 5.02 Å². The number of fused-ring (bicyclic) bond motifs is 2. The lowest BCUT2D eigenvalue weighted by molar-refractivity contribution is 0.0465. The molecule has 0 bridgehead atoms. The quantitative estimate of drug-likeness (QED) is 0.281. The van der Waals surface area contributed by atoms with Crippen molar-refractivity contribution in [3.63, 3.8) is 0 Å². The number of sulfonamides is 1. The number of hydrogen-bond acceptors (Lipinski definition) is 6. The van der Waals surface area contributed by atoms with Crippen LogP contribution in [-0.4, -0.2) is 50.3 Å². The van der Waals surface area contributed by atoms with E-state index in [0.717, 1.165) is 43.2 Å². The molecule has 1 aliphatic heterocycles. The highest BCUT2D eigenvalue weighted by atomic mass is 35.5. The summed E-state index contributed by atoms with van der Waals surface area (Å²) in [7, 11) is -4.67. The van der Waals surface area contributed by atoms with Crippen molar-refractivity contribution >= 4 is 33.2 Å². The molecule has 0 spiro atoms. The molecule has 234 valence electrons. The number of rotatable bonds is 11. The third kappa shape index (κ3) is 8.16. The average molecular weight is 637 g/mol. The number of aliphatic hydroxyl groups is 1. The molecule has 1 aliphatic carbocycles. The van der Waals surface area contributed by atoms with Gasteiger partial charge in [0.2, 0.25) is 10.0 Å². The van der Waals surface area contributed by atoms with Crippen molar-refractivity contribution in [2.75, 3.05) is 18.0 Å². The molecule has 0 saturated heterocycles. The zero-order valence-corrected chi connectivity index (χ0v) is 25.6. The highest BCUT2D eigenvalue weighted by molar-refractivity contribution is 7.90. The summed E-state index contributed by atoms with van der Waals surface area (Å²) in [4.78, 5) is 15.3. The normalized spacial score (nSPS) is 20.3. The van der Waals surface area contributed by atoms with Gasteiger partial charge in [0.05, 0.1) is 11.8 Å². The topological polar surface area (TPSA) is 95.9 Å². The van der Waals surface area contributed by atoms with Crippen molar-refractivity contribution in [2.45, 2.75) is 69.3 Å². The van der Waals surface area contributed by atoms with E-state index in [9.17, 15) is 27.1 Å². The summed E-state index contributed by atoms with van der Waals surface area (Å²) < 4.78 is 60.9. The van der Waals surface area contributed by atoms with E-state index in [1.807, 2.05) is 22.9 Å². The first-order valence-electron chi connectivity index (χ1n) is 14.6. The lowest BCUT2D eigenvalue weighted by atomic mass is 9.70. The molecule has 2 aliphatic rings. The van der Waals surface area contributed by atoms with Crippen molar-refractivity contribution in [1.82, 2.24) is 4.72 Å². The molecular formula is C32H39ClF2N2O5S. The van der Waals surface area contributed by atoms with Gasteiger partial charge in [0.15, 0.2) is 0 Å². The van der Waals surface area contributed by atoms with E-state index in [1.165, 1.54) is 12.1 Å². The lowest BCUT2D eigenvalue weighted by Crippen LogP contribution is -2.43. The fraction of sp³-hybridized carbons (Fsp3) is 0.469. The molecule has 4 rings (SSSR count). The van der Waals surface area contributed by atoms with E-state index in [-0.39, 0.29) is 36.8 Å². The molecule has 7 nitrogen and oxygen atoms in total. The van der Waals surface area contributed by atoms with Gasteiger partial charge in [-0.1, -0.05) is 29.8 Å². The van der Waals surface area contributed by atoms with Gasteiger partial charge >= 0.3 is 0 Å². The van der Waals surface area contributed by atoms with Gasteiger partial charge in [-0.15, -0.1) is 13.2 Å². The number of hydrogen-bond donors (Lipinski definition) is 2. The second-order valence-corrected chi connectivity index (χ2v) is 13.6. The highest BCUT2D eigenvalue weighted by Gasteiger charge is 2.37. The van der Waals surface area contributed by atoms with Gasteiger partial charge in [-0.2, -0.15) is 0 Å². The molecule has 1 saturated carbocycles. The maximum absolute atomic E-state index is 13.6. The standard InChI is InChI=1S/C32H39ClF2N2O5S/c1-3-5-9-30(31(34)35)43(40,41)36-32(39)22-12-15-29-27(18-22)37(19-23-11-14-26(23)28(38)4-2)16-7-6-8-21-17-25(33)13-10-24(21)20-42-29/h3-4,10,12-13,15,17-18,23,26,28,30-31,38H,1-2,5-9,11,14,16,19-20H2,(H,36,39)/t23-,26+,28-,30-/m0/s1. The van der Waals surface area contributed by atoms with Crippen molar-refractivity contribution in [3.05, 3.63) is 83.4 Å². The maximum Gasteiger partial charge on any atom is 0.264 e. The molecule has 43 heavy (non-hydrogen) atoms. The number of nitrogens with zero attached hydrogens (tertiary/aromatic N) is 1. The number of aliphatic hydroxyl groups excluding tert-OH is 1. The number of amides is 1. The van der Waals surface area contributed by atoms with E-state index in [2.05, 4.69) is 18.1 Å². The molecule has 1 amide bonds. The fourth-order valence-electron chi connectivity index (χ4n) is 5.77. The minimum absolute atomic E-state index is 0.00556. The van der Waals surface area contributed by atoms with Gasteiger partial charge in [0, 0.05) is 23.7 Å². The number of aryl methyl sites for hydroxylation is 1. The smallest absolute Gasteiger partial charge is 0.264 e. The molecule has 0 unspecified atom stereocenters. The van der Waals surface area contributed by atoms with Crippen molar-refractivity contribution in [3.8, 4) is 5.75 Å². The number of ether oxygens (including phenoxy) is 1. The fourth-order valence-corrected chi connectivity index (χ4v) is 7.21. The number of nitrogens with one attached hydrogen (secondary N) is 1. The van der Waals surface area contributed by atoms with Crippen LogP contribution in [0.15, 0.2) is 61.7 Å². The van der Waals surface area contributed by atoms with Crippen molar-refractivity contribution in [1.29, 1.82) is 0 Å². The van der Waals surface area contributed by atoms with E-state index in [4.69, 9.17) is 16.3 Å². The Morgan fingerprint density at radius 1 is 1.16 bits per heavy atom. The first-order chi connectivity index (χ1) is 20.5. The van der Waals surface area contributed by atoms with Crippen LogP contribution < -0.4 is 14.4 Å². The maximum atomic E-state index is 13.6. The second-order valence-electron chi connectivity index (χ2n) is 11.2. The average Bonchev–Trinajstić information content (AvgIpc) is 2.98. The first-order valence-corrected chi connectivity index (χ1v) is 16.5. The third-order valence-corrected chi connectivity index (χ3v) is 10.4. The number of halogens is 3. The van der Waals surface area contributed by atoms with Gasteiger partial charge in [-0.25, -0.2) is 21.9 Å². The minimum Gasteiger partial charge on any atom is -0.487 e. The molecule has 2 N–H and O–H groups in total. The largest absolute Gasteiger partial charge is 0.487 e. The van der Waals surface area contributed by atoms with Crippen LogP contribution in [0.1, 0.15) is 60.0 Å². The van der Waals surface area contributed by atoms with E-state index in [0.29, 0.717) is 29.5 Å². The Hall–Kier alpha value is -2.95. The second kappa shape index (κ2) is 14.7. The minimum atomic E-state index is -4.67. The zero-order chi connectivity index (χ0) is 31.1. The van der Waals surface area contributed by atoms with Gasteiger partial charge in [-0.05, 0) is 98.2 Å². The molecule has 0 radical (unpaired) electrons. The Labute approximate surface area is 257 Å². The third-order valence-electron chi connectivity index (χ3n) is 8.42. The van der Waals surface area contributed by atoms with Crippen LogP contribution in [0.4, 0.5) is 14.5 Å². The predicted molar refractivity (Wildman–Crippen MR) is 165 cm³/mol. The Kier molecular flexibility index (Phi) is 11.3. The zero-order valence-electron chi connectivity index (χ0n) is 24.1. The Morgan fingerprint density at radius 2 is 1.95 bits per heavy atom. The van der Waals surface area contributed by atoms with Crippen LogP contribution in [0.25, 0.3) is 0 Å². The van der Waals surface area contributed by atoms with E-state index in [1.54, 1.807) is 18.2 Å². The van der Waals surface area contributed by atoms with Crippen LogP contribution in [-0.2, 0) is 23.1 Å². The molecule has 2 aromatic carbocycles. The number of carbonyl (C=O) groups excluding carboxylic acids is 1. The summed E-state index contributed by atoms with van der Waals surface area (Å²) in [6.07, 6.45) is 3.13. The number of alkyl halides is 2. The summed E-state index contributed by atoms with van der Waals surface area (Å²) in [5, 5.41) is 9.04. The van der Waals surface area contributed by atoms with Crippen LogP contribution in [0, 0.1) is 11.8 Å². The first kappa shape index (κ1) is 33.0. The molecule has 0 aromatic heterocycles. The summed E-state index contributed by atoms with van der Waals surface area (Å²) in [5.41, 5.74) is 2.69. The lowest BCUT2D eigenvalue weighted by Gasteiger charge is -2.42. The van der Waals surface area contributed by atoms with Gasteiger partial charge in [0.25, 0.3) is 12.3 Å². The van der Waals surface area contributed by atoms with E-state index >= 15 is 0 Å². The Bertz CT molecular complexity index is 1420. The van der Waals surface area contributed by atoms with Gasteiger partial charge < -0.3 is 14.7 Å². The monoisotopic (exact) mass is 636 g/mol. The molecule has 1 fully saturated rings. The molecular weight excluding hydrogens is 598 g/mol. The molecule has 11 heteroatoms. The van der Waals surface area contributed by atoms with Crippen LogP contribution in [0.3, 0.4) is 0 Å². The summed E-state index contributed by atoms with van der Waals surface area (Å²) in [6, 6.07) is 10.3. The van der Waals surface area contributed by atoms with Crippen molar-refractivity contribution < 1.29 is 31.8 Å². The Morgan fingerprint density at radius 3 is 2.63 bits per heavy atom. The number of carbonyl (C=O) groups is 1. The highest BCUT2D eigenvalue weighted by Crippen LogP contribution is 2.40. The molecule has 1 heterocycles. The Balaban J connectivity index is 1.66. The number of anilines is 1. The van der Waals surface area contributed by atoms with Crippen molar-refractivity contribution in [2.24, 2.45) is 11.8 Å². The van der Waals surface area contributed by atoms with E-state index < -0.39 is 33.7 Å². The summed E-state index contributed by atoms with van der Waals surface area (Å²) >= 11 is 6.26. The van der Waals surface area contributed by atoms with Gasteiger partial charge in [-0.3, -0.25) is 4.79 Å². The summed E-state index contributed by atoms with van der Waals surface area (Å²) in [5.74, 6) is -0.259. The SMILES string of the molecule is C=CCC[C@@H](C(F)F)S(=O)(=O)NC(=O)c1ccc2c(c1)N(C[C@@H]1CC[C@H]1[C@@H](O)C=C)CCCCc1cc(Cl)ccc1CO2. The van der Waals surface area contributed by atoms with Gasteiger partial charge in [0.1, 0.15) is 17.6 Å². The summed E-state index contributed by atoms with van der Waals surface area (Å²) in [6.45, 7) is 8.66. The number of benzene rings is 2. The molecule has 4 atom stereocenters. The predicted octanol–water partition coefficient (Wildman–Crippen LogP) is 6.29. The number of allylic oxidation sites excluding steroid dienone is 1. The molecule has 2 aromatic rings. The van der Waals surface area contributed by atoms with Crippen LogP contribution in [0.5, 0.6) is 5.75 Å².